The van der Waals surface area contributed by atoms with Gasteiger partial charge < -0.3 is 4.74 Å². The van der Waals surface area contributed by atoms with Gasteiger partial charge in [-0.2, -0.15) is 0 Å². The maximum atomic E-state index is 13.4. The second kappa shape index (κ2) is 5.58. The predicted octanol–water partition coefficient (Wildman–Crippen LogP) is 4.05. The summed E-state index contributed by atoms with van der Waals surface area (Å²) in [5, 5.41) is 1.77. The lowest BCUT2D eigenvalue weighted by atomic mass is 10.3. The quantitative estimate of drug-likeness (QED) is 0.789. The molecule has 0 N–H and O–H groups in total. The molecule has 2 aromatic rings. The van der Waals surface area contributed by atoms with Gasteiger partial charge in [-0.25, -0.2) is 8.78 Å². The molecule has 1 aromatic heterocycles. The summed E-state index contributed by atoms with van der Waals surface area (Å²) in [5.74, 6) is -1.97. The first-order valence-electron chi connectivity index (χ1n) is 4.92. The van der Waals surface area contributed by atoms with Gasteiger partial charge in [-0.3, -0.25) is 4.79 Å². The van der Waals surface area contributed by atoms with Gasteiger partial charge in [-0.05, 0) is 33.4 Å². The van der Waals surface area contributed by atoms with Gasteiger partial charge >= 0.3 is 0 Å². The topological polar surface area (TPSA) is 26.3 Å². The third-order valence-corrected chi connectivity index (χ3v) is 3.61. The summed E-state index contributed by atoms with van der Waals surface area (Å²) in [5.41, 5.74) is 0. The Labute approximate surface area is 114 Å². The standard InChI is InChI=1S/C12H7BrF2O2S/c13-8-4-7(14)5-9(15)12(8)17-6-10(16)11-2-1-3-18-11/h1-5H,6H2. The van der Waals surface area contributed by atoms with Crippen LogP contribution in [-0.2, 0) is 0 Å². The van der Waals surface area contributed by atoms with Crippen LogP contribution >= 0.6 is 27.3 Å². The number of carbonyl (C=O) groups is 1. The third kappa shape index (κ3) is 2.94. The maximum Gasteiger partial charge on any atom is 0.210 e. The van der Waals surface area contributed by atoms with Crippen LogP contribution < -0.4 is 4.74 Å². The van der Waals surface area contributed by atoms with Crippen LogP contribution in [0.2, 0.25) is 0 Å². The highest BCUT2D eigenvalue weighted by Gasteiger charge is 2.14. The SMILES string of the molecule is O=C(COc1c(F)cc(F)cc1Br)c1cccs1. The lowest BCUT2D eigenvalue weighted by molar-refractivity contribution is 0.0922. The van der Waals surface area contributed by atoms with E-state index in [1.54, 1.807) is 17.5 Å². The van der Waals surface area contributed by atoms with Crippen molar-refractivity contribution >= 4 is 33.0 Å². The molecule has 1 heterocycles. The first-order valence-corrected chi connectivity index (χ1v) is 6.59. The normalized spacial score (nSPS) is 10.4. The first-order chi connectivity index (χ1) is 8.58. The number of hydrogen-bond acceptors (Lipinski definition) is 3. The van der Waals surface area contributed by atoms with Gasteiger partial charge in [0.15, 0.2) is 18.2 Å². The van der Waals surface area contributed by atoms with Crippen molar-refractivity contribution in [1.82, 2.24) is 0 Å². The van der Waals surface area contributed by atoms with Crippen LogP contribution in [0.15, 0.2) is 34.1 Å². The van der Waals surface area contributed by atoms with E-state index in [0.29, 0.717) is 10.9 Å². The van der Waals surface area contributed by atoms with Crippen LogP contribution in [0, 0.1) is 11.6 Å². The number of ether oxygens (including phenoxy) is 1. The van der Waals surface area contributed by atoms with Crippen molar-refractivity contribution in [3.63, 3.8) is 0 Å². The van der Waals surface area contributed by atoms with Crippen molar-refractivity contribution in [1.29, 1.82) is 0 Å². The van der Waals surface area contributed by atoms with Crippen molar-refractivity contribution in [2.75, 3.05) is 6.61 Å². The van der Waals surface area contributed by atoms with E-state index < -0.39 is 11.6 Å². The monoisotopic (exact) mass is 332 g/mol. The van der Waals surface area contributed by atoms with Crippen molar-refractivity contribution in [2.24, 2.45) is 0 Å². The Morgan fingerprint density at radius 1 is 1.39 bits per heavy atom. The third-order valence-electron chi connectivity index (χ3n) is 2.11. The molecule has 18 heavy (non-hydrogen) atoms. The van der Waals surface area contributed by atoms with Gasteiger partial charge in [0.05, 0.1) is 9.35 Å². The van der Waals surface area contributed by atoms with E-state index in [9.17, 15) is 13.6 Å². The van der Waals surface area contributed by atoms with E-state index in [4.69, 9.17) is 4.74 Å². The molecule has 0 atom stereocenters. The summed E-state index contributed by atoms with van der Waals surface area (Å²) in [4.78, 5) is 12.2. The molecule has 1 aromatic carbocycles. The van der Waals surface area contributed by atoms with E-state index >= 15 is 0 Å². The maximum absolute atomic E-state index is 13.4. The van der Waals surface area contributed by atoms with E-state index in [-0.39, 0.29) is 22.6 Å². The fourth-order valence-corrected chi connectivity index (χ4v) is 2.49. The van der Waals surface area contributed by atoms with Gasteiger partial charge in [-0.1, -0.05) is 6.07 Å². The van der Waals surface area contributed by atoms with E-state index in [2.05, 4.69) is 15.9 Å². The van der Waals surface area contributed by atoms with Crippen LogP contribution in [0.3, 0.4) is 0 Å². The zero-order valence-electron chi connectivity index (χ0n) is 8.95. The molecule has 0 bridgehead atoms. The molecule has 0 aliphatic heterocycles. The molecular weight excluding hydrogens is 326 g/mol. The van der Waals surface area contributed by atoms with E-state index in [1.807, 2.05) is 0 Å². The molecule has 2 rings (SSSR count). The summed E-state index contributed by atoms with van der Waals surface area (Å²) < 4.78 is 31.5. The minimum absolute atomic E-state index is 0.138. The second-order valence-corrected chi connectivity index (χ2v) is 5.19. The molecule has 0 saturated carbocycles. The zero-order valence-corrected chi connectivity index (χ0v) is 11.4. The Bertz CT molecular complexity index is 546. The Hall–Kier alpha value is -1.27. The molecule has 2 nitrogen and oxygen atoms in total. The number of carbonyl (C=O) groups excluding carboxylic acids is 1. The highest BCUT2D eigenvalue weighted by molar-refractivity contribution is 9.10. The van der Waals surface area contributed by atoms with E-state index in [1.165, 1.54) is 11.3 Å². The summed E-state index contributed by atoms with van der Waals surface area (Å²) >= 11 is 4.27. The molecule has 0 radical (unpaired) electrons. The summed E-state index contributed by atoms with van der Waals surface area (Å²) in [6.45, 7) is -0.290. The average molecular weight is 333 g/mol. The second-order valence-electron chi connectivity index (χ2n) is 3.39. The molecule has 0 amide bonds. The van der Waals surface area contributed by atoms with Crippen LogP contribution in [0.5, 0.6) is 5.75 Å². The summed E-state index contributed by atoms with van der Waals surface area (Å²) in [6.07, 6.45) is 0. The Balaban J connectivity index is 2.09. The minimum atomic E-state index is -0.846. The Morgan fingerprint density at radius 3 is 2.78 bits per heavy atom. The van der Waals surface area contributed by atoms with E-state index in [0.717, 1.165) is 6.07 Å². The van der Waals surface area contributed by atoms with Crippen molar-refractivity contribution in [3.05, 3.63) is 50.6 Å². The molecule has 0 aliphatic carbocycles. The Morgan fingerprint density at radius 2 is 2.17 bits per heavy atom. The number of benzene rings is 1. The number of rotatable bonds is 4. The predicted molar refractivity (Wildman–Crippen MR) is 68.2 cm³/mol. The van der Waals surface area contributed by atoms with Crippen molar-refractivity contribution < 1.29 is 18.3 Å². The zero-order chi connectivity index (χ0) is 13.1. The molecule has 0 saturated heterocycles. The van der Waals surface area contributed by atoms with Crippen LogP contribution in [0.1, 0.15) is 9.67 Å². The van der Waals surface area contributed by atoms with Crippen molar-refractivity contribution in [3.8, 4) is 5.75 Å². The highest BCUT2D eigenvalue weighted by Crippen LogP contribution is 2.29. The molecule has 94 valence electrons. The van der Waals surface area contributed by atoms with Gasteiger partial charge in [0, 0.05) is 6.07 Å². The highest BCUT2D eigenvalue weighted by atomic mass is 79.9. The summed E-state index contributed by atoms with van der Waals surface area (Å²) in [6, 6.07) is 5.18. The van der Waals surface area contributed by atoms with Crippen LogP contribution in [0.4, 0.5) is 8.78 Å². The molecule has 0 spiro atoms. The van der Waals surface area contributed by atoms with Crippen molar-refractivity contribution in [2.45, 2.75) is 0 Å². The average Bonchev–Trinajstić information content (AvgIpc) is 2.80. The smallest absolute Gasteiger partial charge is 0.210 e. The lowest BCUT2D eigenvalue weighted by Gasteiger charge is -2.08. The van der Waals surface area contributed by atoms with Gasteiger partial charge in [0.25, 0.3) is 0 Å². The lowest BCUT2D eigenvalue weighted by Crippen LogP contribution is -2.11. The molecule has 0 unspecified atom stereocenters. The van der Waals surface area contributed by atoms with Crippen LogP contribution in [-0.4, -0.2) is 12.4 Å². The number of hydrogen-bond donors (Lipinski definition) is 0. The molecule has 6 heteroatoms. The fraction of sp³-hybridized carbons (Fsp3) is 0.0833. The molecule has 0 aliphatic rings. The van der Waals surface area contributed by atoms with Gasteiger partial charge in [0.2, 0.25) is 5.78 Å². The summed E-state index contributed by atoms with van der Waals surface area (Å²) in [7, 11) is 0. The molecular formula is C12H7BrF2O2S. The first kappa shape index (κ1) is 13.2. The number of halogens is 3. The van der Waals surface area contributed by atoms with Gasteiger partial charge in [-0.15, -0.1) is 11.3 Å². The van der Waals surface area contributed by atoms with Gasteiger partial charge in [0.1, 0.15) is 5.82 Å². The number of thiophene rings is 1. The minimum Gasteiger partial charge on any atom is -0.481 e. The number of Topliss-reactive ketones (excluding diaryl/α,β-unsaturated/α-hetero) is 1. The Kier molecular flexibility index (Phi) is 4.08. The fourth-order valence-electron chi connectivity index (χ4n) is 1.31. The largest absolute Gasteiger partial charge is 0.481 e. The van der Waals surface area contributed by atoms with Crippen LogP contribution in [0.25, 0.3) is 0 Å². The molecule has 0 fully saturated rings. The number of ketones is 1.